The number of aromatic hydroxyl groups is 1. The standard InChI is InChI=1S/C13H17N3O3/c1-2-14-5-3-6-16-10(14)8-15-7-4-9(17)12(18)11(15)13(16)19/h4,7,10,18H,2-3,5-6,8H2,1H3. The Hall–Kier alpha value is -1.82. The van der Waals surface area contributed by atoms with E-state index >= 15 is 0 Å². The number of pyridine rings is 1. The molecule has 1 fully saturated rings. The van der Waals surface area contributed by atoms with Gasteiger partial charge in [-0.25, -0.2) is 0 Å². The lowest BCUT2D eigenvalue weighted by Crippen LogP contribution is -2.60. The predicted molar refractivity (Wildman–Crippen MR) is 69.1 cm³/mol. The van der Waals surface area contributed by atoms with Crippen molar-refractivity contribution in [2.75, 3.05) is 19.6 Å². The van der Waals surface area contributed by atoms with Gasteiger partial charge in [0.1, 0.15) is 6.17 Å². The molecule has 1 atom stereocenters. The monoisotopic (exact) mass is 263 g/mol. The zero-order chi connectivity index (χ0) is 13.6. The number of amides is 1. The summed E-state index contributed by atoms with van der Waals surface area (Å²) >= 11 is 0. The molecule has 0 spiro atoms. The highest BCUT2D eigenvalue weighted by Gasteiger charge is 2.38. The van der Waals surface area contributed by atoms with E-state index < -0.39 is 11.2 Å². The molecule has 1 amide bonds. The number of nitrogens with zero attached hydrogens (tertiary/aromatic N) is 3. The van der Waals surface area contributed by atoms with Gasteiger partial charge in [0.15, 0.2) is 11.4 Å². The maximum Gasteiger partial charge on any atom is 0.275 e. The molecule has 6 nitrogen and oxygen atoms in total. The lowest BCUT2D eigenvalue weighted by molar-refractivity contribution is -0.00757. The fraction of sp³-hybridized carbons (Fsp3) is 0.538. The zero-order valence-electron chi connectivity index (χ0n) is 10.9. The van der Waals surface area contributed by atoms with Gasteiger partial charge in [-0.05, 0) is 13.0 Å². The smallest absolute Gasteiger partial charge is 0.275 e. The van der Waals surface area contributed by atoms with Crippen LogP contribution in [0.3, 0.4) is 0 Å². The van der Waals surface area contributed by atoms with Crippen LogP contribution in [-0.4, -0.2) is 51.2 Å². The maximum atomic E-state index is 12.5. The van der Waals surface area contributed by atoms with Crippen molar-refractivity contribution in [3.8, 4) is 5.75 Å². The quantitative estimate of drug-likeness (QED) is 0.778. The van der Waals surface area contributed by atoms with E-state index in [2.05, 4.69) is 11.8 Å². The van der Waals surface area contributed by atoms with Crippen molar-refractivity contribution in [2.24, 2.45) is 0 Å². The van der Waals surface area contributed by atoms with Crippen molar-refractivity contribution in [3.05, 3.63) is 28.2 Å². The Bertz CT molecular complexity index is 581. The number of fused-ring (bicyclic) bond motifs is 2. The molecule has 1 N–H and O–H groups in total. The minimum Gasteiger partial charge on any atom is -0.503 e. The first kappa shape index (κ1) is 12.2. The Labute approximate surface area is 110 Å². The highest BCUT2D eigenvalue weighted by Crippen LogP contribution is 2.26. The van der Waals surface area contributed by atoms with Crippen molar-refractivity contribution in [1.29, 1.82) is 0 Å². The van der Waals surface area contributed by atoms with E-state index in [-0.39, 0.29) is 17.8 Å². The third-order valence-corrected chi connectivity index (χ3v) is 4.01. The van der Waals surface area contributed by atoms with E-state index in [9.17, 15) is 14.7 Å². The molecule has 2 aliphatic rings. The molecule has 3 heterocycles. The van der Waals surface area contributed by atoms with Gasteiger partial charge in [-0.1, -0.05) is 6.92 Å². The van der Waals surface area contributed by atoms with Crippen LogP contribution in [0.15, 0.2) is 17.1 Å². The molecule has 1 saturated heterocycles. The Balaban J connectivity index is 2.08. The molecule has 102 valence electrons. The van der Waals surface area contributed by atoms with Gasteiger partial charge < -0.3 is 14.6 Å². The zero-order valence-corrected chi connectivity index (χ0v) is 10.9. The van der Waals surface area contributed by atoms with Gasteiger partial charge in [0, 0.05) is 25.4 Å². The number of carbonyl (C=O) groups excluding carboxylic acids is 1. The normalized spacial score (nSPS) is 23.1. The molecule has 0 bridgehead atoms. The van der Waals surface area contributed by atoms with Crippen LogP contribution in [-0.2, 0) is 6.54 Å². The van der Waals surface area contributed by atoms with Gasteiger partial charge in [0.25, 0.3) is 5.91 Å². The second-order valence-corrected chi connectivity index (χ2v) is 4.99. The molecule has 0 aromatic carbocycles. The summed E-state index contributed by atoms with van der Waals surface area (Å²) in [6.45, 7) is 5.22. The number of hydrogen-bond acceptors (Lipinski definition) is 4. The Morgan fingerprint density at radius 1 is 1.37 bits per heavy atom. The van der Waals surface area contributed by atoms with Gasteiger partial charge in [-0.2, -0.15) is 0 Å². The van der Waals surface area contributed by atoms with E-state index in [1.165, 1.54) is 6.07 Å². The van der Waals surface area contributed by atoms with Crippen molar-refractivity contribution in [1.82, 2.24) is 14.4 Å². The lowest BCUT2D eigenvalue weighted by Gasteiger charge is -2.46. The summed E-state index contributed by atoms with van der Waals surface area (Å²) in [6, 6.07) is 1.31. The van der Waals surface area contributed by atoms with Crippen molar-refractivity contribution in [2.45, 2.75) is 26.1 Å². The molecule has 0 radical (unpaired) electrons. The molecule has 0 aliphatic carbocycles. The van der Waals surface area contributed by atoms with Crippen LogP contribution in [0.4, 0.5) is 0 Å². The molecule has 3 rings (SSSR count). The molecule has 1 unspecified atom stereocenters. The van der Waals surface area contributed by atoms with E-state index in [1.54, 1.807) is 15.7 Å². The second-order valence-electron chi connectivity index (χ2n) is 4.99. The molecule has 0 saturated carbocycles. The first-order chi connectivity index (χ1) is 9.13. The average molecular weight is 263 g/mol. The molecule has 1 aromatic rings. The molecular formula is C13H17N3O3. The molecule has 1 aromatic heterocycles. The largest absolute Gasteiger partial charge is 0.503 e. The fourth-order valence-corrected chi connectivity index (χ4v) is 3.01. The predicted octanol–water partition coefficient (Wildman–Crippen LogP) is 0.0614. The van der Waals surface area contributed by atoms with Crippen LogP contribution in [0.1, 0.15) is 23.8 Å². The van der Waals surface area contributed by atoms with Crippen molar-refractivity contribution in [3.63, 3.8) is 0 Å². The second kappa shape index (κ2) is 4.38. The average Bonchev–Trinajstić information content (AvgIpc) is 2.42. The number of rotatable bonds is 1. The van der Waals surface area contributed by atoms with Gasteiger partial charge in [0.2, 0.25) is 5.43 Å². The summed E-state index contributed by atoms with van der Waals surface area (Å²) < 4.78 is 1.69. The van der Waals surface area contributed by atoms with Gasteiger partial charge in [0.05, 0.1) is 6.54 Å². The summed E-state index contributed by atoms with van der Waals surface area (Å²) in [5.74, 6) is -0.677. The topological polar surface area (TPSA) is 65.8 Å². The summed E-state index contributed by atoms with van der Waals surface area (Å²) in [5, 5.41) is 9.83. The van der Waals surface area contributed by atoms with Gasteiger partial charge in [-0.15, -0.1) is 0 Å². The summed E-state index contributed by atoms with van der Waals surface area (Å²) in [4.78, 5) is 28.0. The molecular weight excluding hydrogens is 246 g/mol. The first-order valence-corrected chi connectivity index (χ1v) is 6.61. The first-order valence-electron chi connectivity index (χ1n) is 6.61. The SMILES string of the molecule is CCN1CCCN2C(=O)c3c(O)c(=O)ccn3CC12. The fourth-order valence-electron chi connectivity index (χ4n) is 3.01. The Kier molecular flexibility index (Phi) is 2.82. The molecule has 2 aliphatic heterocycles. The Morgan fingerprint density at radius 3 is 2.89 bits per heavy atom. The maximum absolute atomic E-state index is 12.5. The van der Waals surface area contributed by atoms with E-state index in [1.807, 2.05) is 0 Å². The highest BCUT2D eigenvalue weighted by molar-refractivity contribution is 5.96. The van der Waals surface area contributed by atoms with E-state index in [0.717, 1.165) is 19.5 Å². The summed E-state index contributed by atoms with van der Waals surface area (Å²) in [6.07, 6.45) is 2.55. The number of hydrogen-bond donors (Lipinski definition) is 1. The van der Waals surface area contributed by atoms with Crippen LogP contribution in [0.2, 0.25) is 0 Å². The van der Waals surface area contributed by atoms with Crippen LogP contribution in [0.5, 0.6) is 5.75 Å². The molecule has 6 heteroatoms. The number of carbonyl (C=O) groups is 1. The molecule has 19 heavy (non-hydrogen) atoms. The lowest BCUT2D eigenvalue weighted by atomic mass is 10.1. The Morgan fingerprint density at radius 2 is 2.16 bits per heavy atom. The van der Waals surface area contributed by atoms with Crippen LogP contribution < -0.4 is 5.43 Å². The van der Waals surface area contributed by atoms with Crippen LogP contribution in [0.25, 0.3) is 0 Å². The van der Waals surface area contributed by atoms with Crippen LogP contribution in [0, 0.1) is 0 Å². The van der Waals surface area contributed by atoms with Crippen molar-refractivity contribution >= 4 is 5.91 Å². The van der Waals surface area contributed by atoms with E-state index in [0.29, 0.717) is 13.1 Å². The van der Waals surface area contributed by atoms with Gasteiger partial charge in [-0.3, -0.25) is 14.5 Å². The van der Waals surface area contributed by atoms with E-state index in [4.69, 9.17) is 0 Å². The summed E-state index contributed by atoms with van der Waals surface area (Å²) in [7, 11) is 0. The van der Waals surface area contributed by atoms with Gasteiger partial charge >= 0.3 is 0 Å². The van der Waals surface area contributed by atoms with Crippen molar-refractivity contribution < 1.29 is 9.90 Å². The third kappa shape index (κ3) is 1.74. The number of likely N-dealkylation sites (N-methyl/N-ethyl adjacent to an activating group) is 1. The minimum absolute atomic E-state index is 0.0284. The third-order valence-electron chi connectivity index (χ3n) is 4.01. The highest BCUT2D eigenvalue weighted by atomic mass is 16.3. The minimum atomic E-state index is -0.498. The summed E-state index contributed by atoms with van der Waals surface area (Å²) in [5.41, 5.74) is -0.371. The number of aromatic nitrogens is 1. The van der Waals surface area contributed by atoms with Crippen LogP contribution >= 0.6 is 0 Å².